The third-order valence-electron chi connectivity index (χ3n) is 2.62. The minimum atomic E-state index is -0.517. The van der Waals surface area contributed by atoms with Crippen LogP contribution in [0.4, 0.5) is 0 Å². The number of ether oxygens (including phenoxy) is 2. The van der Waals surface area contributed by atoms with E-state index in [1.807, 2.05) is 45.0 Å². The van der Waals surface area contributed by atoms with Gasteiger partial charge in [0.05, 0.1) is 18.4 Å². The van der Waals surface area contributed by atoms with Crippen LogP contribution in [0.5, 0.6) is 5.75 Å². The van der Waals surface area contributed by atoms with Crippen LogP contribution < -0.4 is 4.74 Å². The van der Waals surface area contributed by atoms with Crippen LogP contribution >= 0.6 is 0 Å². The third kappa shape index (κ3) is 3.76. The van der Waals surface area contributed by atoms with Gasteiger partial charge < -0.3 is 13.9 Å². The molecule has 5 nitrogen and oxygen atoms in total. The monoisotopic (exact) mass is 287 g/mol. The standard InChI is InChI=1S/C16H17NO4/c1-16(2,3)21-14(18)8-9-19-15-11-6-4-5-7-12(11)20-13(15)10-17/h4-7H,8-9H2,1-3H3. The van der Waals surface area contributed by atoms with E-state index in [4.69, 9.17) is 19.2 Å². The molecule has 0 unspecified atom stereocenters. The topological polar surface area (TPSA) is 72.5 Å². The smallest absolute Gasteiger partial charge is 0.309 e. The molecule has 0 N–H and O–H groups in total. The molecule has 0 bridgehead atoms. The van der Waals surface area contributed by atoms with E-state index < -0.39 is 5.60 Å². The van der Waals surface area contributed by atoms with Gasteiger partial charge in [0.2, 0.25) is 5.76 Å². The number of carbonyl (C=O) groups is 1. The maximum Gasteiger partial charge on any atom is 0.309 e. The van der Waals surface area contributed by atoms with Gasteiger partial charge in [0.1, 0.15) is 17.3 Å². The van der Waals surface area contributed by atoms with Gasteiger partial charge in [-0.2, -0.15) is 5.26 Å². The van der Waals surface area contributed by atoms with Crippen molar-refractivity contribution in [1.82, 2.24) is 0 Å². The molecular weight excluding hydrogens is 270 g/mol. The number of benzene rings is 1. The Morgan fingerprint density at radius 3 is 2.71 bits per heavy atom. The number of furan rings is 1. The highest BCUT2D eigenvalue weighted by Crippen LogP contribution is 2.32. The molecule has 0 aliphatic heterocycles. The predicted octanol–water partition coefficient (Wildman–Crippen LogP) is 3.42. The number of hydrogen-bond donors (Lipinski definition) is 0. The van der Waals surface area contributed by atoms with Crippen molar-refractivity contribution in [1.29, 1.82) is 5.26 Å². The maximum absolute atomic E-state index is 11.6. The summed E-state index contributed by atoms with van der Waals surface area (Å²) in [5, 5.41) is 9.79. The molecule has 0 radical (unpaired) electrons. The molecule has 0 spiro atoms. The molecule has 0 saturated heterocycles. The number of fused-ring (bicyclic) bond motifs is 1. The lowest BCUT2D eigenvalue weighted by Crippen LogP contribution is -2.24. The second-order valence-electron chi connectivity index (χ2n) is 5.55. The summed E-state index contributed by atoms with van der Waals surface area (Å²) in [5.41, 5.74) is 0.0679. The Bertz CT molecular complexity index is 688. The molecule has 0 aliphatic carbocycles. The fourth-order valence-corrected chi connectivity index (χ4v) is 1.87. The van der Waals surface area contributed by atoms with Crippen LogP contribution in [0.15, 0.2) is 28.7 Å². The molecule has 1 aromatic heterocycles. The second-order valence-corrected chi connectivity index (χ2v) is 5.55. The SMILES string of the molecule is CC(C)(C)OC(=O)CCOc1c(C#N)oc2ccccc12. The molecule has 0 saturated carbocycles. The molecule has 2 aromatic rings. The number of nitriles is 1. The Balaban J connectivity index is 2.04. The average molecular weight is 287 g/mol. The molecule has 5 heteroatoms. The molecular formula is C16H17NO4. The van der Waals surface area contributed by atoms with Crippen molar-refractivity contribution in [3.8, 4) is 11.8 Å². The molecule has 1 aromatic carbocycles. The maximum atomic E-state index is 11.6. The molecule has 110 valence electrons. The van der Waals surface area contributed by atoms with E-state index in [2.05, 4.69) is 0 Å². The van der Waals surface area contributed by atoms with Crippen molar-refractivity contribution < 1.29 is 18.7 Å². The summed E-state index contributed by atoms with van der Waals surface area (Å²) >= 11 is 0. The van der Waals surface area contributed by atoms with Gasteiger partial charge in [0, 0.05) is 0 Å². The van der Waals surface area contributed by atoms with Crippen molar-refractivity contribution in [2.24, 2.45) is 0 Å². The van der Waals surface area contributed by atoms with E-state index >= 15 is 0 Å². The lowest BCUT2D eigenvalue weighted by Gasteiger charge is -2.19. The first kappa shape index (κ1) is 14.9. The van der Waals surface area contributed by atoms with Gasteiger partial charge in [-0.05, 0) is 32.9 Å². The molecule has 0 aliphatic rings. The summed E-state index contributed by atoms with van der Waals surface area (Å²) in [6.07, 6.45) is 0.113. The summed E-state index contributed by atoms with van der Waals surface area (Å²) in [6, 6.07) is 9.17. The highest BCUT2D eigenvalue weighted by molar-refractivity contribution is 5.86. The number of rotatable bonds is 4. The van der Waals surface area contributed by atoms with Gasteiger partial charge in [0.15, 0.2) is 5.75 Å². The Morgan fingerprint density at radius 2 is 2.05 bits per heavy atom. The Kier molecular flexibility index (Phi) is 4.18. The van der Waals surface area contributed by atoms with E-state index in [-0.39, 0.29) is 24.8 Å². The number of hydrogen-bond acceptors (Lipinski definition) is 5. The van der Waals surface area contributed by atoms with Crippen molar-refractivity contribution in [2.45, 2.75) is 32.8 Å². The molecule has 21 heavy (non-hydrogen) atoms. The summed E-state index contributed by atoms with van der Waals surface area (Å²) in [5.74, 6) is 0.144. The Morgan fingerprint density at radius 1 is 1.33 bits per heavy atom. The summed E-state index contributed by atoms with van der Waals surface area (Å²) in [6.45, 7) is 5.56. The van der Waals surface area contributed by atoms with Crippen LogP contribution in [-0.4, -0.2) is 18.2 Å². The predicted molar refractivity (Wildman–Crippen MR) is 76.9 cm³/mol. The van der Waals surface area contributed by atoms with Crippen molar-refractivity contribution in [3.05, 3.63) is 30.0 Å². The molecule has 1 heterocycles. The first-order chi connectivity index (χ1) is 9.90. The lowest BCUT2D eigenvalue weighted by molar-refractivity contribution is -0.155. The van der Waals surface area contributed by atoms with E-state index in [0.29, 0.717) is 11.3 Å². The summed E-state index contributed by atoms with van der Waals surface area (Å²) in [4.78, 5) is 11.6. The van der Waals surface area contributed by atoms with Gasteiger partial charge in [-0.25, -0.2) is 0 Å². The second kappa shape index (κ2) is 5.88. The van der Waals surface area contributed by atoms with Crippen molar-refractivity contribution in [3.63, 3.8) is 0 Å². The zero-order valence-electron chi connectivity index (χ0n) is 12.3. The zero-order valence-corrected chi connectivity index (χ0v) is 12.3. The van der Waals surface area contributed by atoms with Crippen molar-refractivity contribution >= 4 is 16.9 Å². The Labute approximate surface area is 123 Å². The minimum absolute atomic E-state index is 0.111. The summed E-state index contributed by atoms with van der Waals surface area (Å²) < 4.78 is 16.1. The van der Waals surface area contributed by atoms with Crippen LogP contribution in [0.25, 0.3) is 11.0 Å². The lowest BCUT2D eigenvalue weighted by atomic mass is 10.2. The van der Waals surface area contributed by atoms with Crippen LogP contribution in [-0.2, 0) is 9.53 Å². The van der Waals surface area contributed by atoms with E-state index in [9.17, 15) is 4.79 Å². The third-order valence-corrected chi connectivity index (χ3v) is 2.62. The quantitative estimate of drug-likeness (QED) is 0.806. The molecule has 0 amide bonds. The van der Waals surface area contributed by atoms with Crippen molar-refractivity contribution in [2.75, 3.05) is 6.61 Å². The molecule has 0 fully saturated rings. The normalized spacial score (nSPS) is 11.1. The van der Waals surface area contributed by atoms with E-state index in [1.54, 1.807) is 6.07 Å². The molecule has 2 rings (SSSR count). The number of para-hydroxylation sites is 1. The largest absolute Gasteiger partial charge is 0.488 e. The fourth-order valence-electron chi connectivity index (χ4n) is 1.87. The first-order valence-electron chi connectivity index (χ1n) is 6.67. The van der Waals surface area contributed by atoms with Crippen LogP contribution in [0.1, 0.15) is 33.0 Å². The number of esters is 1. The van der Waals surface area contributed by atoms with E-state index in [0.717, 1.165) is 5.39 Å². The van der Waals surface area contributed by atoms with Crippen LogP contribution in [0, 0.1) is 11.3 Å². The molecule has 0 atom stereocenters. The number of carbonyl (C=O) groups excluding carboxylic acids is 1. The minimum Gasteiger partial charge on any atom is -0.488 e. The van der Waals surface area contributed by atoms with Gasteiger partial charge in [-0.1, -0.05) is 12.1 Å². The van der Waals surface area contributed by atoms with Crippen LogP contribution in [0.2, 0.25) is 0 Å². The van der Waals surface area contributed by atoms with Gasteiger partial charge in [0.25, 0.3) is 0 Å². The van der Waals surface area contributed by atoms with E-state index in [1.165, 1.54) is 0 Å². The Hall–Kier alpha value is -2.48. The number of nitrogens with zero attached hydrogens (tertiary/aromatic N) is 1. The average Bonchev–Trinajstić information content (AvgIpc) is 2.75. The van der Waals surface area contributed by atoms with Crippen LogP contribution in [0.3, 0.4) is 0 Å². The highest BCUT2D eigenvalue weighted by atomic mass is 16.6. The van der Waals surface area contributed by atoms with Gasteiger partial charge in [-0.3, -0.25) is 4.79 Å². The fraction of sp³-hybridized carbons (Fsp3) is 0.375. The van der Waals surface area contributed by atoms with Gasteiger partial charge >= 0.3 is 5.97 Å². The summed E-state index contributed by atoms with van der Waals surface area (Å²) in [7, 11) is 0. The first-order valence-corrected chi connectivity index (χ1v) is 6.67. The van der Waals surface area contributed by atoms with Gasteiger partial charge in [-0.15, -0.1) is 0 Å². The zero-order chi connectivity index (χ0) is 15.5. The highest BCUT2D eigenvalue weighted by Gasteiger charge is 2.18.